The minimum Gasteiger partial charge on any atom is -0.445 e. The number of carbonyl (C=O) groups excluding carboxylic acids is 2. The van der Waals surface area contributed by atoms with Gasteiger partial charge in [-0.05, 0) is 59.3 Å². The summed E-state index contributed by atoms with van der Waals surface area (Å²) in [5, 5.41) is 6.43. The molecule has 1 N–H and O–H groups in total. The van der Waals surface area contributed by atoms with Crippen molar-refractivity contribution in [3.8, 4) is 0 Å². The molecule has 1 aliphatic heterocycles. The van der Waals surface area contributed by atoms with Gasteiger partial charge in [-0.15, -0.1) is 0 Å². The molecule has 31 heavy (non-hydrogen) atoms. The molecule has 162 valence electrons. The van der Waals surface area contributed by atoms with Crippen molar-refractivity contribution < 1.29 is 22.8 Å². The van der Waals surface area contributed by atoms with E-state index in [1.165, 1.54) is 17.6 Å². The Morgan fingerprint density at radius 3 is 2.58 bits per heavy atom. The topological polar surface area (TPSA) is 75.4 Å². The van der Waals surface area contributed by atoms with Crippen LogP contribution in [0.3, 0.4) is 0 Å². The van der Waals surface area contributed by atoms with Gasteiger partial charge in [-0.1, -0.05) is 0 Å². The summed E-state index contributed by atoms with van der Waals surface area (Å²) in [6.07, 6.45) is 4.26. The fourth-order valence-electron chi connectivity index (χ4n) is 3.60. The van der Waals surface area contributed by atoms with E-state index in [0.29, 0.717) is 13.1 Å². The molecule has 9 heteroatoms. The van der Waals surface area contributed by atoms with E-state index in [4.69, 9.17) is 4.42 Å². The minimum atomic E-state index is -1.04. The number of oxazole rings is 1. The Bertz CT molecular complexity index is 1040. The average Bonchev–Trinajstić information content (AvgIpc) is 3.43. The molecule has 0 spiro atoms. The predicted octanol–water partition coefficient (Wildman–Crippen LogP) is 4.09. The van der Waals surface area contributed by atoms with Crippen LogP contribution in [0.5, 0.6) is 0 Å². The molecule has 3 heterocycles. The lowest BCUT2D eigenvalue weighted by Gasteiger charge is -2.25. The predicted molar refractivity (Wildman–Crippen MR) is 111 cm³/mol. The highest BCUT2D eigenvalue weighted by Gasteiger charge is 2.27. The summed E-state index contributed by atoms with van der Waals surface area (Å²) in [4.78, 5) is 31.3. The van der Waals surface area contributed by atoms with E-state index in [1.807, 2.05) is 16.8 Å². The molecule has 1 saturated heterocycles. The molecule has 2 amide bonds. The van der Waals surface area contributed by atoms with E-state index in [1.54, 1.807) is 4.90 Å². The van der Waals surface area contributed by atoms with Crippen LogP contribution in [0.1, 0.15) is 52.8 Å². The highest BCUT2D eigenvalue weighted by atomic mass is 32.1. The van der Waals surface area contributed by atoms with Gasteiger partial charge in [0.2, 0.25) is 11.8 Å². The average molecular weight is 445 g/mol. The first-order chi connectivity index (χ1) is 15.0. The Morgan fingerprint density at radius 2 is 1.90 bits per heavy atom. The number of likely N-dealkylation sites (tertiary alicyclic amines) is 1. The third-order valence-electron chi connectivity index (χ3n) is 5.10. The van der Waals surface area contributed by atoms with Gasteiger partial charge in [-0.3, -0.25) is 9.59 Å². The van der Waals surface area contributed by atoms with Gasteiger partial charge in [-0.2, -0.15) is 11.3 Å². The van der Waals surface area contributed by atoms with Gasteiger partial charge >= 0.3 is 0 Å². The first kappa shape index (κ1) is 21.2. The number of rotatable bonds is 6. The van der Waals surface area contributed by atoms with Crippen LogP contribution in [0.2, 0.25) is 0 Å². The second kappa shape index (κ2) is 9.38. The fourth-order valence-corrected chi connectivity index (χ4v) is 4.27. The molecule has 1 aliphatic rings. The van der Waals surface area contributed by atoms with E-state index in [2.05, 4.69) is 10.3 Å². The lowest BCUT2D eigenvalue weighted by molar-refractivity contribution is -0.121. The summed E-state index contributed by atoms with van der Waals surface area (Å²) < 4.78 is 33.2. The number of hydrogen-bond donors (Lipinski definition) is 1. The maximum atomic E-state index is 13.9. The Kier molecular flexibility index (Phi) is 6.41. The third-order valence-corrected chi connectivity index (χ3v) is 5.83. The van der Waals surface area contributed by atoms with Crippen molar-refractivity contribution in [2.75, 3.05) is 13.1 Å². The van der Waals surface area contributed by atoms with E-state index in [9.17, 15) is 18.4 Å². The maximum absolute atomic E-state index is 13.9. The van der Waals surface area contributed by atoms with Crippen LogP contribution in [0.15, 0.2) is 45.7 Å². The van der Waals surface area contributed by atoms with E-state index < -0.39 is 17.7 Å². The molecule has 0 aliphatic carbocycles. The Hall–Kier alpha value is -3.07. The summed E-state index contributed by atoms with van der Waals surface area (Å²) in [6.45, 7) is 1.30. The summed E-state index contributed by atoms with van der Waals surface area (Å²) >= 11 is 1.46. The number of carbonyl (C=O) groups is 2. The Morgan fingerprint density at radius 1 is 1.16 bits per heavy atom. The van der Waals surface area contributed by atoms with Crippen molar-refractivity contribution in [2.24, 2.45) is 0 Å². The number of nitrogens with zero attached hydrogens (tertiary/aromatic N) is 2. The Balaban J connectivity index is 1.60. The van der Waals surface area contributed by atoms with Crippen LogP contribution in [0.25, 0.3) is 0 Å². The Labute approximate surface area is 181 Å². The lowest BCUT2D eigenvalue weighted by Crippen LogP contribution is -2.36. The molecular weight excluding hydrogens is 424 g/mol. The van der Waals surface area contributed by atoms with E-state index >= 15 is 0 Å². The monoisotopic (exact) mass is 445 g/mol. The van der Waals surface area contributed by atoms with Crippen LogP contribution < -0.4 is 5.32 Å². The minimum absolute atomic E-state index is 0.0102. The molecule has 4 rings (SSSR count). The number of thiophene rings is 1. The third kappa shape index (κ3) is 5.16. The first-order valence-corrected chi connectivity index (χ1v) is 10.9. The molecule has 0 saturated carbocycles. The first-order valence-electron chi connectivity index (χ1n) is 10.0. The van der Waals surface area contributed by atoms with Crippen molar-refractivity contribution >= 4 is 23.2 Å². The number of aromatic nitrogens is 1. The second-order valence-electron chi connectivity index (χ2n) is 7.44. The molecule has 2 aromatic heterocycles. The smallest absolute Gasteiger partial charge is 0.275 e. The number of benzene rings is 1. The van der Waals surface area contributed by atoms with Gasteiger partial charge in [0, 0.05) is 19.2 Å². The molecule has 1 fully saturated rings. The van der Waals surface area contributed by atoms with Crippen molar-refractivity contribution in [1.82, 2.24) is 15.2 Å². The highest BCUT2D eigenvalue weighted by molar-refractivity contribution is 7.08. The quantitative estimate of drug-likeness (QED) is 0.620. The number of piperidine rings is 1. The number of hydrogen-bond acceptors (Lipinski definition) is 5. The van der Waals surface area contributed by atoms with Crippen molar-refractivity contribution in [3.05, 3.63) is 75.6 Å². The molecule has 1 unspecified atom stereocenters. The van der Waals surface area contributed by atoms with Crippen LogP contribution in [0.4, 0.5) is 8.78 Å². The van der Waals surface area contributed by atoms with Crippen molar-refractivity contribution in [2.45, 2.75) is 31.7 Å². The van der Waals surface area contributed by atoms with Gasteiger partial charge < -0.3 is 14.6 Å². The van der Waals surface area contributed by atoms with Crippen LogP contribution in [0, 0.1) is 11.6 Å². The van der Waals surface area contributed by atoms with Gasteiger partial charge in [-0.25, -0.2) is 13.8 Å². The lowest BCUT2D eigenvalue weighted by atomic mass is 10.1. The van der Waals surface area contributed by atoms with Gasteiger partial charge in [0.15, 0.2) is 5.69 Å². The second-order valence-corrected chi connectivity index (χ2v) is 8.22. The molecule has 1 atom stereocenters. The van der Waals surface area contributed by atoms with Crippen molar-refractivity contribution in [1.29, 1.82) is 0 Å². The number of nitrogens with one attached hydrogen (secondary N) is 1. The zero-order chi connectivity index (χ0) is 21.8. The fraction of sp³-hybridized carbons (Fsp3) is 0.318. The maximum Gasteiger partial charge on any atom is 0.275 e. The molecule has 1 aromatic carbocycles. The van der Waals surface area contributed by atoms with Crippen molar-refractivity contribution in [3.63, 3.8) is 0 Å². The molecule has 0 radical (unpaired) electrons. The van der Waals surface area contributed by atoms with Gasteiger partial charge in [0.25, 0.3) is 5.91 Å². The standard InChI is InChI=1S/C22H21F2N3O3S/c23-16-9-15(10-17(24)11-16)20(26-19(28)8-14-4-7-31-13-14)21-25-18(12-30-21)22(29)27-5-2-1-3-6-27/h4,7,9-13,20H,1-3,5-6,8H2,(H,26,28). The number of amides is 2. The summed E-state index contributed by atoms with van der Waals surface area (Å²) in [5.74, 6) is -2.21. The molecule has 3 aromatic rings. The SMILES string of the molecule is O=C(Cc1ccsc1)NC(c1cc(F)cc(F)c1)c1nc(C(=O)N2CCCCC2)co1. The van der Waals surface area contributed by atoms with E-state index in [0.717, 1.165) is 43.0 Å². The van der Waals surface area contributed by atoms with Gasteiger partial charge in [0.1, 0.15) is 23.9 Å². The molecule has 0 bridgehead atoms. The van der Waals surface area contributed by atoms with Crippen LogP contribution >= 0.6 is 11.3 Å². The van der Waals surface area contributed by atoms with Crippen LogP contribution in [-0.2, 0) is 11.2 Å². The molecule has 6 nitrogen and oxygen atoms in total. The largest absolute Gasteiger partial charge is 0.445 e. The zero-order valence-electron chi connectivity index (χ0n) is 16.6. The molecular formula is C22H21F2N3O3S. The van der Waals surface area contributed by atoms with Crippen LogP contribution in [-0.4, -0.2) is 34.8 Å². The summed E-state index contributed by atoms with van der Waals surface area (Å²) in [6, 6.07) is 3.74. The zero-order valence-corrected chi connectivity index (χ0v) is 17.5. The van der Waals surface area contributed by atoms with E-state index in [-0.39, 0.29) is 35.4 Å². The van der Waals surface area contributed by atoms with Gasteiger partial charge in [0.05, 0.1) is 6.42 Å². The summed E-state index contributed by atoms with van der Waals surface area (Å²) in [5.41, 5.74) is 1.06. The summed E-state index contributed by atoms with van der Waals surface area (Å²) in [7, 11) is 0. The normalized spacial score (nSPS) is 15.0. The number of halogens is 2. The highest BCUT2D eigenvalue weighted by Crippen LogP contribution is 2.25.